The molecule has 0 bridgehead atoms. The molecule has 0 radical (unpaired) electrons. The van der Waals surface area contributed by atoms with Crippen LogP contribution in [0.3, 0.4) is 0 Å². The van der Waals surface area contributed by atoms with E-state index in [4.69, 9.17) is 5.84 Å². The average Bonchev–Trinajstić information content (AvgIpc) is 2.32. The van der Waals surface area contributed by atoms with Crippen molar-refractivity contribution in [3.63, 3.8) is 0 Å². The molecule has 2 nitrogen and oxygen atoms in total. The van der Waals surface area contributed by atoms with Gasteiger partial charge in [-0.2, -0.15) is 0 Å². The van der Waals surface area contributed by atoms with E-state index in [2.05, 4.69) is 43.2 Å². The van der Waals surface area contributed by atoms with E-state index in [1.807, 2.05) is 17.8 Å². The van der Waals surface area contributed by atoms with Gasteiger partial charge in [0.05, 0.1) is 0 Å². The zero-order chi connectivity index (χ0) is 11.8. The maximum Gasteiger partial charge on any atom is 0.0462 e. The largest absolute Gasteiger partial charge is 0.271 e. The van der Waals surface area contributed by atoms with Crippen molar-refractivity contribution in [2.75, 3.05) is 5.75 Å². The summed E-state index contributed by atoms with van der Waals surface area (Å²) in [6.07, 6.45) is 3.88. The lowest BCUT2D eigenvalue weighted by Crippen LogP contribution is -2.27. The molecule has 1 rings (SSSR count). The lowest BCUT2D eigenvalue weighted by molar-refractivity contribution is 0.520. The second-order valence-corrected chi connectivity index (χ2v) is 4.92. The van der Waals surface area contributed by atoms with E-state index in [9.17, 15) is 0 Å². The zero-order valence-corrected chi connectivity index (χ0v) is 10.6. The first-order valence-corrected chi connectivity index (χ1v) is 6.60. The molecule has 0 aromatic heterocycles. The molecule has 0 aliphatic rings. The number of allylic oxidation sites excluding steroid dienone is 1. The van der Waals surface area contributed by atoms with Crippen LogP contribution < -0.4 is 11.3 Å². The molecule has 0 heterocycles. The normalized spacial score (nSPS) is 12.4. The van der Waals surface area contributed by atoms with Crippen LogP contribution in [0.5, 0.6) is 0 Å². The number of benzene rings is 1. The molecule has 0 spiro atoms. The van der Waals surface area contributed by atoms with Gasteiger partial charge in [0.2, 0.25) is 0 Å². The summed E-state index contributed by atoms with van der Waals surface area (Å²) < 4.78 is 0. The van der Waals surface area contributed by atoms with Gasteiger partial charge in [-0.25, -0.2) is 0 Å². The lowest BCUT2D eigenvalue weighted by Gasteiger charge is -2.15. The molecule has 0 amide bonds. The maximum absolute atomic E-state index is 5.55. The van der Waals surface area contributed by atoms with Crippen molar-refractivity contribution >= 4 is 11.8 Å². The molecule has 1 atom stereocenters. The summed E-state index contributed by atoms with van der Waals surface area (Å²) in [6.45, 7) is 5.89. The van der Waals surface area contributed by atoms with E-state index in [0.29, 0.717) is 0 Å². The number of nitrogens with two attached hydrogens (primary N) is 1. The molecule has 16 heavy (non-hydrogen) atoms. The first-order valence-electron chi connectivity index (χ1n) is 5.61. The van der Waals surface area contributed by atoms with Gasteiger partial charge < -0.3 is 0 Å². The Morgan fingerprint density at radius 3 is 2.62 bits per heavy atom. The molecule has 0 saturated carbocycles. The Hall–Kier alpha value is -0.770. The standard InChI is InChI=1S/C13H20N2S/c1-3-5-6-13(15-14)11-7-9-12(10-8-11)16-4-2/h3,7-10,13,15H,1,4-6,14H2,2H3. The van der Waals surface area contributed by atoms with E-state index in [1.54, 1.807) is 0 Å². The Labute approximate surface area is 102 Å². The molecule has 1 aromatic rings. The van der Waals surface area contributed by atoms with Gasteiger partial charge in [0.15, 0.2) is 0 Å². The minimum atomic E-state index is 0.221. The monoisotopic (exact) mass is 236 g/mol. The summed E-state index contributed by atoms with van der Waals surface area (Å²) in [6, 6.07) is 8.82. The van der Waals surface area contributed by atoms with E-state index in [1.165, 1.54) is 10.5 Å². The van der Waals surface area contributed by atoms with Crippen LogP contribution >= 0.6 is 11.8 Å². The number of thioether (sulfide) groups is 1. The van der Waals surface area contributed by atoms with Crippen LogP contribution in [-0.2, 0) is 0 Å². The number of nitrogens with one attached hydrogen (secondary N) is 1. The second-order valence-electron chi connectivity index (χ2n) is 3.59. The molecule has 0 fully saturated rings. The fraction of sp³-hybridized carbons (Fsp3) is 0.385. The van der Waals surface area contributed by atoms with Crippen molar-refractivity contribution in [3.05, 3.63) is 42.5 Å². The predicted octanol–water partition coefficient (Wildman–Crippen LogP) is 3.27. The average molecular weight is 236 g/mol. The molecule has 1 aromatic carbocycles. The van der Waals surface area contributed by atoms with Gasteiger partial charge in [0.25, 0.3) is 0 Å². The van der Waals surface area contributed by atoms with E-state index in [-0.39, 0.29) is 6.04 Å². The number of hydrogen-bond acceptors (Lipinski definition) is 3. The van der Waals surface area contributed by atoms with E-state index >= 15 is 0 Å². The quantitative estimate of drug-likeness (QED) is 0.330. The molecule has 0 aliphatic carbocycles. The molecule has 0 aliphatic heterocycles. The lowest BCUT2D eigenvalue weighted by atomic mass is 10.0. The van der Waals surface area contributed by atoms with Crippen LogP contribution in [0.1, 0.15) is 31.4 Å². The molecule has 3 heteroatoms. The van der Waals surface area contributed by atoms with Crippen molar-refractivity contribution in [2.45, 2.75) is 30.7 Å². The van der Waals surface area contributed by atoms with Crippen LogP contribution in [0.15, 0.2) is 41.8 Å². The summed E-state index contributed by atoms with van der Waals surface area (Å²) in [5.74, 6) is 6.66. The topological polar surface area (TPSA) is 38.0 Å². The van der Waals surface area contributed by atoms with Crippen LogP contribution in [0, 0.1) is 0 Å². The number of rotatable bonds is 7. The number of hydrogen-bond donors (Lipinski definition) is 2. The minimum absolute atomic E-state index is 0.221. The highest BCUT2D eigenvalue weighted by Crippen LogP contribution is 2.22. The summed E-state index contributed by atoms with van der Waals surface area (Å²) in [5, 5.41) is 0. The third kappa shape index (κ3) is 4.00. The zero-order valence-electron chi connectivity index (χ0n) is 9.78. The highest BCUT2D eigenvalue weighted by atomic mass is 32.2. The van der Waals surface area contributed by atoms with Crippen molar-refractivity contribution in [3.8, 4) is 0 Å². The van der Waals surface area contributed by atoms with Crippen molar-refractivity contribution < 1.29 is 0 Å². The molecule has 1 unspecified atom stereocenters. The summed E-state index contributed by atoms with van der Waals surface area (Å²) in [4.78, 5) is 1.31. The van der Waals surface area contributed by atoms with Crippen molar-refractivity contribution in [1.82, 2.24) is 5.43 Å². The van der Waals surface area contributed by atoms with Gasteiger partial charge in [-0.05, 0) is 36.3 Å². The first kappa shape index (κ1) is 13.3. The smallest absolute Gasteiger partial charge is 0.0462 e. The highest BCUT2D eigenvalue weighted by molar-refractivity contribution is 7.99. The number of hydrazine groups is 1. The molecule has 88 valence electrons. The van der Waals surface area contributed by atoms with Gasteiger partial charge in [-0.3, -0.25) is 11.3 Å². The molecular weight excluding hydrogens is 216 g/mol. The second kappa shape index (κ2) is 7.49. The van der Waals surface area contributed by atoms with Gasteiger partial charge in [0.1, 0.15) is 0 Å². The Kier molecular flexibility index (Phi) is 6.23. The van der Waals surface area contributed by atoms with Crippen molar-refractivity contribution in [2.24, 2.45) is 5.84 Å². The predicted molar refractivity (Wildman–Crippen MR) is 72.3 cm³/mol. The molecule has 3 N–H and O–H groups in total. The van der Waals surface area contributed by atoms with E-state index < -0.39 is 0 Å². The Morgan fingerprint density at radius 2 is 2.12 bits per heavy atom. The highest BCUT2D eigenvalue weighted by Gasteiger charge is 2.07. The summed E-state index contributed by atoms with van der Waals surface area (Å²) in [5.41, 5.74) is 4.09. The van der Waals surface area contributed by atoms with Gasteiger partial charge >= 0.3 is 0 Å². The van der Waals surface area contributed by atoms with Gasteiger partial charge in [-0.15, -0.1) is 18.3 Å². The Bertz CT molecular complexity index is 308. The van der Waals surface area contributed by atoms with Crippen LogP contribution in [0.2, 0.25) is 0 Å². The van der Waals surface area contributed by atoms with Crippen molar-refractivity contribution in [1.29, 1.82) is 0 Å². The first-order chi connectivity index (χ1) is 7.81. The SMILES string of the molecule is C=CCCC(NN)c1ccc(SCC)cc1. The maximum atomic E-state index is 5.55. The third-order valence-corrected chi connectivity index (χ3v) is 3.35. The molecular formula is C13H20N2S. The third-order valence-electron chi connectivity index (χ3n) is 2.45. The van der Waals surface area contributed by atoms with Crippen LogP contribution in [-0.4, -0.2) is 5.75 Å². The Morgan fingerprint density at radius 1 is 1.44 bits per heavy atom. The van der Waals surface area contributed by atoms with Gasteiger partial charge in [-0.1, -0.05) is 25.1 Å². The van der Waals surface area contributed by atoms with Gasteiger partial charge in [0, 0.05) is 10.9 Å². The van der Waals surface area contributed by atoms with Crippen LogP contribution in [0.25, 0.3) is 0 Å². The molecule has 0 saturated heterocycles. The summed E-state index contributed by atoms with van der Waals surface area (Å²) >= 11 is 1.85. The van der Waals surface area contributed by atoms with Crippen LogP contribution in [0.4, 0.5) is 0 Å². The van der Waals surface area contributed by atoms with E-state index in [0.717, 1.165) is 18.6 Å². The Balaban J connectivity index is 2.66. The minimum Gasteiger partial charge on any atom is -0.271 e. The fourth-order valence-electron chi connectivity index (χ4n) is 1.59. The fourth-order valence-corrected chi connectivity index (χ4v) is 2.26. The summed E-state index contributed by atoms with van der Waals surface area (Å²) in [7, 11) is 0.